The van der Waals surface area contributed by atoms with Gasteiger partial charge in [-0.15, -0.1) is 0 Å². The van der Waals surface area contributed by atoms with Crippen molar-refractivity contribution in [3.8, 4) is 5.69 Å². The highest BCUT2D eigenvalue weighted by atomic mass is 19.3. The number of nitrogen functional groups attached to an aromatic ring is 1. The number of rotatable bonds is 2. The van der Waals surface area contributed by atoms with Crippen molar-refractivity contribution in [3.63, 3.8) is 0 Å². The Kier molecular flexibility index (Phi) is 2.34. The number of hydrogen-bond acceptors (Lipinski definition) is 3. The Morgan fingerprint density at radius 3 is 2.69 bits per heavy atom. The van der Waals surface area contributed by atoms with E-state index in [1.54, 1.807) is 18.3 Å². The zero-order valence-electron chi connectivity index (χ0n) is 8.56. The lowest BCUT2D eigenvalue weighted by molar-refractivity contribution is 0.0124. The molecule has 0 unspecified atom stereocenters. The molecule has 0 aliphatic heterocycles. The lowest BCUT2D eigenvalue weighted by atomic mass is 10.3. The summed E-state index contributed by atoms with van der Waals surface area (Å²) in [5, 5.41) is 3.75. The van der Waals surface area contributed by atoms with E-state index in [0.717, 1.165) is 13.0 Å². The van der Waals surface area contributed by atoms with Crippen LogP contribution in [0.1, 0.15) is 12.6 Å². The Hall–Kier alpha value is -1.98. The van der Waals surface area contributed by atoms with Crippen LogP contribution in [-0.2, 0) is 5.92 Å². The number of aromatic nitrogens is 3. The molecule has 0 spiro atoms. The largest absolute Gasteiger partial charge is 0.384 e. The summed E-state index contributed by atoms with van der Waals surface area (Å²) in [6.07, 6.45) is 3.08. The smallest absolute Gasteiger partial charge is 0.288 e. The summed E-state index contributed by atoms with van der Waals surface area (Å²) in [4.78, 5) is 3.87. The molecule has 0 amide bonds. The van der Waals surface area contributed by atoms with Gasteiger partial charge in [-0.1, -0.05) is 0 Å². The van der Waals surface area contributed by atoms with Crippen molar-refractivity contribution in [1.29, 1.82) is 0 Å². The van der Waals surface area contributed by atoms with Gasteiger partial charge in [0.05, 0.1) is 11.9 Å². The Labute approximate surface area is 90.7 Å². The zero-order valence-corrected chi connectivity index (χ0v) is 8.56. The lowest BCUT2D eigenvalue weighted by Crippen LogP contribution is -2.09. The summed E-state index contributed by atoms with van der Waals surface area (Å²) in [6.45, 7) is 0.780. The minimum absolute atomic E-state index is 0.157. The van der Waals surface area contributed by atoms with Crippen molar-refractivity contribution >= 4 is 5.82 Å². The molecule has 0 radical (unpaired) electrons. The van der Waals surface area contributed by atoms with E-state index in [4.69, 9.17) is 5.73 Å². The van der Waals surface area contributed by atoms with Crippen LogP contribution in [0.25, 0.3) is 5.69 Å². The van der Waals surface area contributed by atoms with Crippen LogP contribution in [0.2, 0.25) is 0 Å². The van der Waals surface area contributed by atoms with Gasteiger partial charge in [0.15, 0.2) is 0 Å². The SMILES string of the molecule is CC(F)(F)c1cc(N)n(-c2cccnc2)n1. The third-order valence-electron chi connectivity index (χ3n) is 2.08. The maximum absolute atomic E-state index is 13.0. The highest BCUT2D eigenvalue weighted by Crippen LogP contribution is 2.27. The minimum Gasteiger partial charge on any atom is -0.384 e. The highest BCUT2D eigenvalue weighted by Gasteiger charge is 2.28. The van der Waals surface area contributed by atoms with Gasteiger partial charge < -0.3 is 5.73 Å². The van der Waals surface area contributed by atoms with Gasteiger partial charge in [0.1, 0.15) is 11.5 Å². The molecular formula is C10H10F2N4. The van der Waals surface area contributed by atoms with Crippen molar-refractivity contribution in [2.45, 2.75) is 12.8 Å². The molecule has 2 rings (SSSR count). The van der Waals surface area contributed by atoms with Crippen molar-refractivity contribution in [1.82, 2.24) is 14.8 Å². The highest BCUT2D eigenvalue weighted by molar-refractivity contribution is 5.42. The number of anilines is 1. The third-order valence-corrected chi connectivity index (χ3v) is 2.08. The zero-order chi connectivity index (χ0) is 11.8. The van der Waals surface area contributed by atoms with Crippen molar-refractivity contribution in [2.75, 3.05) is 5.73 Å². The first-order chi connectivity index (χ1) is 7.48. The Balaban J connectivity index is 2.48. The summed E-state index contributed by atoms with van der Waals surface area (Å²) < 4.78 is 27.3. The van der Waals surface area contributed by atoms with Crippen molar-refractivity contribution in [3.05, 3.63) is 36.3 Å². The Bertz CT molecular complexity index is 487. The van der Waals surface area contributed by atoms with Gasteiger partial charge in [-0.05, 0) is 12.1 Å². The van der Waals surface area contributed by atoms with E-state index in [1.165, 1.54) is 10.9 Å². The lowest BCUT2D eigenvalue weighted by Gasteiger charge is -2.05. The van der Waals surface area contributed by atoms with Gasteiger partial charge in [0, 0.05) is 19.2 Å². The van der Waals surface area contributed by atoms with Crippen LogP contribution in [-0.4, -0.2) is 14.8 Å². The van der Waals surface area contributed by atoms with Crippen LogP contribution in [0.5, 0.6) is 0 Å². The fourth-order valence-electron chi connectivity index (χ4n) is 1.30. The summed E-state index contributed by atoms with van der Waals surface area (Å²) in [5.41, 5.74) is 5.81. The average Bonchev–Trinajstić information content (AvgIpc) is 2.61. The molecule has 2 aromatic rings. The number of nitrogens with two attached hydrogens (primary N) is 1. The van der Waals surface area contributed by atoms with Crippen LogP contribution >= 0.6 is 0 Å². The molecule has 2 heterocycles. The molecule has 0 saturated carbocycles. The standard InChI is InChI=1S/C10H10F2N4/c1-10(11,12)8-5-9(13)16(15-8)7-3-2-4-14-6-7/h2-6H,13H2,1H3. The quantitative estimate of drug-likeness (QED) is 0.848. The van der Waals surface area contributed by atoms with Crippen LogP contribution in [0.15, 0.2) is 30.6 Å². The number of hydrogen-bond donors (Lipinski definition) is 1. The van der Waals surface area contributed by atoms with E-state index in [1.807, 2.05) is 0 Å². The Morgan fingerprint density at radius 2 is 2.19 bits per heavy atom. The first-order valence-electron chi connectivity index (χ1n) is 4.63. The van der Waals surface area contributed by atoms with E-state index in [-0.39, 0.29) is 11.5 Å². The topological polar surface area (TPSA) is 56.7 Å². The van der Waals surface area contributed by atoms with Crippen molar-refractivity contribution in [2.24, 2.45) is 0 Å². The number of nitrogens with zero attached hydrogens (tertiary/aromatic N) is 3. The third kappa shape index (κ3) is 1.86. The predicted octanol–water partition coefficient (Wildman–Crippen LogP) is 1.96. The fourth-order valence-corrected chi connectivity index (χ4v) is 1.30. The maximum atomic E-state index is 13.0. The monoisotopic (exact) mass is 224 g/mol. The number of halogens is 2. The second-order valence-corrected chi connectivity index (χ2v) is 3.47. The number of pyridine rings is 1. The van der Waals surface area contributed by atoms with E-state index in [0.29, 0.717) is 5.69 Å². The van der Waals surface area contributed by atoms with E-state index in [2.05, 4.69) is 10.1 Å². The van der Waals surface area contributed by atoms with Crippen LogP contribution in [0.3, 0.4) is 0 Å². The van der Waals surface area contributed by atoms with E-state index in [9.17, 15) is 8.78 Å². The molecule has 4 nitrogen and oxygen atoms in total. The number of alkyl halides is 2. The summed E-state index contributed by atoms with van der Waals surface area (Å²) in [5.74, 6) is -2.84. The van der Waals surface area contributed by atoms with Gasteiger partial charge in [-0.3, -0.25) is 4.98 Å². The van der Waals surface area contributed by atoms with Gasteiger partial charge in [0.25, 0.3) is 5.92 Å². The molecule has 84 valence electrons. The second kappa shape index (κ2) is 3.55. The van der Waals surface area contributed by atoms with Gasteiger partial charge >= 0.3 is 0 Å². The molecule has 0 atom stereocenters. The van der Waals surface area contributed by atoms with E-state index >= 15 is 0 Å². The summed E-state index contributed by atoms with van der Waals surface area (Å²) in [6, 6.07) is 4.53. The molecule has 0 fully saturated rings. The van der Waals surface area contributed by atoms with Crippen molar-refractivity contribution < 1.29 is 8.78 Å². The first-order valence-corrected chi connectivity index (χ1v) is 4.63. The minimum atomic E-state index is -3.00. The molecule has 0 aliphatic rings. The molecule has 0 aromatic carbocycles. The molecular weight excluding hydrogens is 214 g/mol. The molecule has 0 aliphatic carbocycles. The van der Waals surface area contributed by atoms with Crippen LogP contribution in [0, 0.1) is 0 Å². The molecule has 16 heavy (non-hydrogen) atoms. The fraction of sp³-hybridized carbons (Fsp3) is 0.200. The predicted molar refractivity (Wildman–Crippen MR) is 55.3 cm³/mol. The van der Waals surface area contributed by atoms with Crippen LogP contribution in [0.4, 0.5) is 14.6 Å². The second-order valence-electron chi connectivity index (χ2n) is 3.47. The van der Waals surface area contributed by atoms with E-state index < -0.39 is 5.92 Å². The van der Waals surface area contributed by atoms with Crippen LogP contribution < -0.4 is 5.73 Å². The summed E-state index contributed by atoms with van der Waals surface area (Å²) in [7, 11) is 0. The van der Waals surface area contributed by atoms with Gasteiger partial charge in [-0.2, -0.15) is 13.9 Å². The Morgan fingerprint density at radius 1 is 1.44 bits per heavy atom. The average molecular weight is 224 g/mol. The summed E-state index contributed by atoms with van der Waals surface area (Å²) >= 11 is 0. The normalized spacial score (nSPS) is 11.7. The molecule has 0 saturated heterocycles. The molecule has 6 heteroatoms. The maximum Gasteiger partial charge on any atom is 0.288 e. The van der Waals surface area contributed by atoms with Gasteiger partial charge in [-0.25, -0.2) is 4.68 Å². The van der Waals surface area contributed by atoms with Gasteiger partial charge in [0.2, 0.25) is 0 Å². The molecule has 2 aromatic heterocycles. The first kappa shape index (κ1) is 10.5. The molecule has 0 bridgehead atoms. The molecule has 2 N–H and O–H groups in total.